The largest absolute Gasteiger partial charge is 0.496 e. The van der Waals surface area contributed by atoms with Crippen LogP contribution in [0.15, 0.2) is 133 Å². The minimum absolute atomic E-state index is 0.195. The summed E-state index contributed by atoms with van der Waals surface area (Å²) in [5, 5.41) is 0. The molecule has 5 aromatic rings. The SMILES string of the molecule is COc1cc(OCc2ccccc2)ccc1C(=O)C=Cc1ccc(OCc2ccccc2)cc1OCc1ccccc1. The smallest absolute Gasteiger partial charge is 0.189 e. The van der Waals surface area contributed by atoms with Crippen LogP contribution in [-0.2, 0) is 19.8 Å². The number of carbonyl (C=O) groups is 1. The topological polar surface area (TPSA) is 54.0 Å². The first kappa shape index (κ1) is 28.2. The summed E-state index contributed by atoms with van der Waals surface area (Å²) in [5.41, 5.74) is 4.37. The second kappa shape index (κ2) is 14.4. The van der Waals surface area contributed by atoms with Gasteiger partial charge in [-0.15, -0.1) is 0 Å². The Kier molecular flexibility index (Phi) is 9.67. The van der Waals surface area contributed by atoms with Crippen LogP contribution in [-0.4, -0.2) is 12.9 Å². The standard InChI is InChI=1S/C37H32O5/c1-39-37-24-33(41-26-29-13-7-3-8-14-29)20-21-34(37)35(38)22-18-31-17-19-32(40-25-28-11-5-2-6-12-28)23-36(31)42-27-30-15-9-4-10-16-30/h2-24H,25-27H2,1H3. The van der Waals surface area contributed by atoms with Crippen LogP contribution in [0.3, 0.4) is 0 Å². The molecule has 42 heavy (non-hydrogen) atoms. The molecule has 0 unspecified atom stereocenters. The zero-order valence-electron chi connectivity index (χ0n) is 23.4. The summed E-state index contributed by atoms with van der Waals surface area (Å²) in [6, 6.07) is 40.7. The molecule has 0 saturated heterocycles. The summed E-state index contributed by atoms with van der Waals surface area (Å²) in [5.74, 6) is 2.17. The number of carbonyl (C=O) groups excluding carboxylic acids is 1. The van der Waals surface area contributed by atoms with E-state index in [0.717, 1.165) is 22.3 Å². The molecule has 0 aliphatic rings. The lowest BCUT2D eigenvalue weighted by atomic mass is 10.1. The number of rotatable bonds is 13. The molecule has 0 heterocycles. The summed E-state index contributed by atoms with van der Waals surface area (Å²) in [4.78, 5) is 13.2. The number of allylic oxidation sites excluding steroid dienone is 1. The van der Waals surface area contributed by atoms with E-state index in [1.165, 1.54) is 6.08 Å². The van der Waals surface area contributed by atoms with E-state index in [1.54, 1.807) is 31.4 Å². The molecule has 0 aliphatic heterocycles. The highest BCUT2D eigenvalue weighted by Crippen LogP contribution is 2.29. The zero-order chi connectivity index (χ0) is 29.0. The van der Waals surface area contributed by atoms with Crippen LogP contribution in [0.1, 0.15) is 32.6 Å². The van der Waals surface area contributed by atoms with Gasteiger partial charge in [-0.1, -0.05) is 91.0 Å². The molecule has 5 aromatic carbocycles. The Labute approximate surface area is 246 Å². The van der Waals surface area contributed by atoms with Crippen molar-refractivity contribution in [1.29, 1.82) is 0 Å². The van der Waals surface area contributed by atoms with E-state index in [9.17, 15) is 4.79 Å². The van der Waals surface area contributed by atoms with Crippen molar-refractivity contribution in [2.24, 2.45) is 0 Å². The normalized spacial score (nSPS) is 10.8. The molecular weight excluding hydrogens is 524 g/mol. The van der Waals surface area contributed by atoms with Gasteiger partial charge < -0.3 is 18.9 Å². The second-order valence-corrected chi connectivity index (χ2v) is 9.58. The average Bonchev–Trinajstić information content (AvgIpc) is 3.06. The van der Waals surface area contributed by atoms with Crippen LogP contribution in [0, 0.1) is 0 Å². The Hall–Kier alpha value is -5.29. The van der Waals surface area contributed by atoms with Crippen molar-refractivity contribution in [1.82, 2.24) is 0 Å². The van der Waals surface area contributed by atoms with Crippen molar-refractivity contribution < 1.29 is 23.7 Å². The number of ketones is 1. The van der Waals surface area contributed by atoms with Gasteiger partial charge in [0.1, 0.15) is 42.8 Å². The maximum absolute atomic E-state index is 13.2. The van der Waals surface area contributed by atoms with Gasteiger partial charge in [0.25, 0.3) is 0 Å². The van der Waals surface area contributed by atoms with E-state index in [2.05, 4.69) is 0 Å². The predicted molar refractivity (Wildman–Crippen MR) is 165 cm³/mol. The molecule has 0 radical (unpaired) electrons. The molecule has 0 spiro atoms. The molecule has 0 amide bonds. The van der Waals surface area contributed by atoms with Crippen molar-refractivity contribution in [2.45, 2.75) is 19.8 Å². The van der Waals surface area contributed by atoms with Gasteiger partial charge in [0, 0.05) is 17.7 Å². The molecule has 0 bridgehead atoms. The molecule has 0 atom stereocenters. The summed E-state index contributed by atoms with van der Waals surface area (Å²) in [6.45, 7) is 1.25. The van der Waals surface area contributed by atoms with E-state index in [0.29, 0.717) is 48.4 Å². The minimum Gasteiger partial charge on any atom is -0.496 e. The molecule has 210 valence electrons. The number of hydrogen-bond donors (Lipinski definition) is 0. The van der Waals surface area contributed by atoms with Gasteiger partial charge >= 0.3 is 0 Å². The summed E-state index contributed by atoms with van der Waals surface area (Å²) < 4.78 is 23.6. The number of methoxy groups -OCH3 is 1. The Morgan fingerprint density at radius 2 is 1.05 bits per heavy atom. The summed E-state index contributed by atoms with van der Waals surface area (Å²) in [6.07, 6.45) is 3.28. The van der Waals surface area contributed by atoms with Gasteiger partial charge in [-0.3, -0.25) is 4.79 Å². The number of hydrogen-bond acceptors (Lipinski definition) is 5. The summed E-state index contributed by atoms with van der Waals surface area (Å²) in [7, 11) is 1.54. The fraction of sp³-hybridized carbons (Fsp3) is 0.108. The van der Waals surface area contributed by atoms with Crippen molar-refractivity contribution in [3.8, 4) is 23.0 Å². The number of ether oxygens (including phenoxy) is 4. The lowest BCUT2D eigenvalue weighted by molar-refractivity contribution is 0.104. The van der Waals surface area contributed by atoms with Crippen molar-refractivity contribution in [2.75, 3.05) is 7.11 Å². The van der Waals surface area contributed by atoms with E-state index in [1.807, 2.05) is 109 Å². The van der Waals surface area contributed by atoms with Crippen LogP contribution in [0.25, 0.3) is 6.08 Å². The summed E-state index contributed by atoms with van der Waals surface area (Å²) >= 11 is 0. The quantitative estimate of drug-likeness (QED) is 0.108. The van der Waals surface area contributed by atoms with Crippen LogP contribution in [0.4, 0.5) is 0 Å². The van der Waals surface area contributed by atoms with Crippen molar-refractivity contribution >= 4 is 11.9 Å². The van der Waals surface area contributed by atoms with Crippen LogP contribution < -0.4 is 18.9 Å². The first-order valence-electron chi connectivity index (χ1n) is 13.7. The fourth-order valence-electron chi connectivity index (χ4n) is 4.30. The third-order valence-electron chi connectivity index (χ3n) is 6.57. The van der Waals surface area contributed by atoms with Gasteiger partial charge in [-0.05, 0) is 53.1 Å². The Bertz CT molecular complexity index is 1610. The molecular formula is C37H32O5. The molecule has 0 N–H and O–H groups in total. The molecule has 5 nitrogen and oxygen atoms in total. The lowest BCUT2D eigenvalue weighted by Crippen LogP contribution is -2.01. The Morgan fingerprint density at radius 1 is 0.571 bits per heavy atom. The van der Waals surface area contributed by atoms with E-state index in [-0.39, 0.29) is 5.78 Å². The molecule has 5 rings (SSSR count). The minimum atomic E-state index is -0.195. The molecule has 0 saturated carbocycles. The average molecular weight is 557 g/mol. The fourth-order valence-corrected chi connectivity index (χ4v) is 4.30. The molecule has 0 aliphatic carbocycles. The molecule has 5 heteroatoms. The van der Waals surface area contributed by atoms with Crippen LogP contribution >= 0.6 is 0 Å². The van der Waals surface area contributed by atoms with Gasteiger partial charge in [-0.2, -0.15) is 0 Å². The third-order valence-corrected chi connectivity index (χ3v) is 6.57. The predicted octanol–water partition coefficient (Wildman–Crippen LogP) is 8.33. The highest BCUT2D eigenvalue weighted by atomic mass is 16.5. The first-order valence-corrected chi connectivity index (χ1v) is 13.7. The van der Waals surface area contributed by atoms with Gasteiger partial charge in [0.05, 0.1) is 12.7 Å². The third kappa shape index (κ3) is 7.89. The van der Waals surface area contributed by atoms with Gasteiger partial charge in [-0.25, -0.2) is 0 Å². The first-order chi connectivity index (χ1) is 20.7. The van der Waals surface area contributed by atoms with Crippen molar-refractivity contribution in [3.05, 3.63) is 161 Å². The van der Waals surface area contributed by atoms with Crippen LogP contribution in [0.2, 0.25) is 0 Å². The number of benzene rings is 5. The van der Waals surface area contributed by atoms with Crippen LogP contribution in [0.5, 0.6) is 23.0 Å². The van der Waals surface area contributed by atoms with Gasteiger partial charge in [0.15, 0.2) is 5.78 Å². The van der Waals surface area contributed by atoms with E-state index in [4.69, 9.17) is 18.9 Å². The van der Waals surface area contributed by atoms with E-state index < -0.39 is 0 Å². The Morgan fingerprint density at radius 3 is 1.57 bits per heavy atom. The maximum atomic E-state index is 13.2. The van der Waals surface area contributed by atoms with E-state index >= 15 is 0 Å². The van der Waals surface area contributed by atoms with Gasteiger partial charge in [0.2, 0.25) is 0 Å². The monoisotopic (exact) mass is 556 g/mol. The Balaban J connectivity index is 1.31. The zero-order valence-corrected chi connectivity index (χ0v) is 23.4. The molecule has 0 aromatic heterocycles. The highest BCUT2D eigenvalue weighted by molar-refractivity contribution is 6.08. The lowest BCUT2D eigenvalue weighted by Gasteiger charge is -2.13. The highest BCUT2D eigenvalue weighted by Gasteiger charge is 2.13. The van der Waals surface area contributed by atoms with Crippen molar-refractivity contribution in [3.63, 3.8) is 0 Å². The molecule has 0 fully saturated rings. The second-order valence-electron chi connectivity index (χ2n) is 9.58. The maximum Gasteiger partial charge on any atom is 0.189 e.